The van der Waals surface area contributed by atoms with Crippen LogP contribution in [0.5, 0.6) is 0 Å². The molecule has 28 heavy (non-hydrogen) atoms. The number of carbonyl (C=O) groups excluding carboxylic acids is 1. The predicted molar refractivity (Wildman–Crippen MR) is 111 cm³/mol. The first kappa shape index (κ1) is 20.4. The van der Waals surface area contributed by atoms with E-state index in [1.54, 1.807) is 0 Å². The van der Waals surface area contributed by atoms with Crippen molar-refractivity contribution in [1.82, 2.24) is 14.8 Å². The van der Waals surface area contributed by atoms with Gasteiger partial charge in [0.15, 0.2) is 11.0 Å². The fraction of sp³-hybridized carbons (Fsp3) is 0.250. The van der Waals surface area contributed by atoms with Crippen LogP contribution >= 0.6 is 23.4 Å². The van der Waals surface area contributed by atoms with Gasteiger partial charge in [0.25, 0.3) is 0 Å². The van der Waals surface area contributed by atoms with Crippen molar-refractivity contribution in [3.05, 3.63) is 59.4 Å². The van der Waals surface area contributed by atoms with Gasteiger partial charge in [0.2, 0.25) is 5.91 Å². The van der Waals surface area contributed by atoms with Crippen LogP contribution in [0.3, 0.4) is 0 Å². The zero-order valence-electron chi connectivity index (χ0n) is 15.5. The smallest absolute Gasteiger partial charge is 0.234 e. The third kappa shape index (κ3) is 5.11. The number of rotatable bonds is 7. The highest BCUT2D eigenvalue weighted by Crippen LogP contribution is 2.25. The number of thioether (sulfide) groups is 1. The Morgan fingerprint density at radius 3 is 2.64 bits per heavy atom. The number of hydrogen-bond acceptors (Lipinski definition) is 4. The van der Waals surface area contributed by atoms with E-state index in [2.05, 4.69) is 29.4 Å². The number of nitrogens with one attached hydrogen (secondary N) is 1. The highest BCUT2D eigenvalue weighted by molar-refractivity contribution is 7.99. The number of hydrogen-bond donors (Lipinski definition) is 1. The first-order chi connectivity index (χ1) is 13.4. The van der Waals surface area contributed by atoms with Crippen molar-refractivity contribution in [3.63, 3.8) is 0 Å². The second kappa shape index (κ2) is 9.21. The normalized spacial score (nSPS) is 11.0. The van der Waals surface area contributed by atoms with Gasteiger partial charge in [-0.15, -0.1) is 10.2 Å². The Morgan fingerprint density at radius 1 is 1.21 bits per heavy atom. The van der Waals surface area contributed by atoms with Gasteiger partial charge >= 0.3 is 0 Å². The lowest BCUT2D eigenvalue weighted by Gasteiger charge is -2.12. The quantitative estimate of drug-likeness (QED) is 0.540. The maximum Gasteiger partial charge on any atom is 0.234 e. The van der Waals surface area contributed by atoms with Crippen LogP contribution in [0.4, 0.5) is 10.1 Å². The second-order valence-corrected chi connectivity index (χ2v) is 7.99. The Labute approximate surface area is 172 Å². The molecule has 0 saturated carbocycles. The second-order valence-electron chi connectivity index (χ2n) is 6.64. The van der Waals surface area contributed by atoms with Crippen LogP contribution in [-0.4, -0.2) is 26.4 Å². The van der Waals surface area contributed by atoms with Crippen LogP contribution < -0.4 is 5.32 Å². The Morgan fingerprint density at radius 2 is 1.96 bits per heavy atom. The van der Waals surface area contributed by atoms with Gasteiger partial charge in [-0.1, -0.05) is 67.5 Å². The zero-order valence-corrected chi connectivity index (χ0v) is 17.1. The molecule has 1 heterocycles. The summed E-state index contributed by atoms with van der Waals surface area (Å²) in [5.74, 6) is 0.577. The monoisotopic (exact) mass is 418 g/mol. The molecule has 0 aliphatic heterocycles. The van der Waals surface area contributed by atoms with E-state index < -0.39 is 5.82 Å². The first-order valence-electron chi connectivity index (χ1n) is 8.80. The SMILES string of the molecule is CC(C)Cn1c(SCC(=O)Nc2ccc(F)c(Cl)c2)nnc1-c1ccccc1. The van der Waals surface area contributed by atoms with Crippen molar-refractivity contribution in [3.8, 4) is 11.4 Å². The molecule has 0 aliphatic rings. The molecule has 0 aliphatic carbocycles. The van der Waals surface area contributed by atoms with E-state index in [9.17, 15) is 9.18 Å². The Kier molecular flexibility index (Phi) is 6.70. The number of halogens is 2. The lowest BCUT2D eigenvalue weighted by molar-refractivity contribution is -0.113. The Hall–Kier alpha value is -2.38. The molecule has 0 atom stereocenters. The molecule has 3 aromatic rings. The zero-order chi connectivity index (χ0) is 20.1. The van der Waals surface area contributed by atoms with E-state index in [0.29, 0.717) is 16.8 Å². The summed E-state index contributed by atoms with van der Waals surface area (Å²) < 4.78 is 15.3. The molecule has 1 N–H and O–H groups in total. The van der Waals surface area contributed by atoms with E-state index in [1.165, 1.54) is 30.0 Å². The summed E-state index contributed by atoms with van der Waals surface area (Å²) >= 11 is 7.06. The van der Waals surface area contributed by atoms with Gasteiger partial charge in [-0.25, -0.2) is 4.39 Å². The van der Waals surface area contributed by atoms with E-state index >= 15 is 0 Å². The van der Waals surface area contributed by atoms with Crippen LogP contribution in [0.15, 0.2) is 53.7 Å². The van der Waals surface area contributed by atoms with Crippen molar-refractivity contribution < 1.29 is 9.18 Å². The number of nitrogens with zero attached hydrogens (tertiary/aromatic N) is 3. The van der Waals surface area contributed by atoms with Crippen LogP contribution in [0.2, 0.25) is 5.02 Å². The molecule has 8 heteroatoms. The number of amides is 1. The van der Waals surface area contributed by atoms with Crippen molar-refractivity contribution in [2.24, 2.45) is 5.92 Å². The summed E-state index contributed by atoms with van der Waals surface area (Å²) in [5, 5.41) is 12.0. The maximum atomic E-state index is 13.2. The van der Waals surface area contributed by atoms with Crippen molar-refractivity contribution in [2.75, 3.05) is 11.1 Å². The fourth-order valence-corrected chi connectivity index (χ4v) is 3.56. The molecule has 5 nitrogen and oxygen atoms in total. The fourth-order valence-electron chi connectivity index (χ4n) is 2.63. The van der Waals surface area contributed by atoms with Gasteiger partial charge in [-0.3, -0.25) is 4.79 Å². The Balaban J connectivity index is 1.72. The molecule has 0 saturated heterocycles. The first-order valence-corrected chi connectivity index (χ1v) is 10.2. The Bertz CT molecular complexity index is 962. The van der Waals surface area contributed by atoms with Gasteiger partial charge in [0.05, 0.1) is 10.8 Å². The van der Waals surface area contributed by atoms with Crippen LogP contribution in [0.1, 0.15) is 13.8 Å². The number of aromatic nitrogens is 3. The molecule has 2 aromatic carbocycles. The third-order valence-corrected chi connectivity index (χ3v) is 5.09. The lowest BCUT2D eigenvalue weighted by atomic mass is 10.2. The van der Waals surface area contributed by atoms with E-state index in [4.69, 9.17) is 11.6 Å². The molecule has 146 valence electrons. The minimum absolute atomic E-state index is 0.0327. The summed E-state index contributed by atoms with van der Waals surface area (Å²) in [6.07, 6.45) is 0. The summed E-state index contributed by atoms with van der Waals surface area (Å²) in [6.45, 7) is 4.98. The minimum Gasteiger partial charge on any atom is -0.325 e. The number of anilines is 1. The van der Waals surface area contributed by atoms with E-state index in [0.717, 1.165) is 17.9 Å². The number of benzene rings is 2. The maximum absolute atomic E-state index is 13.2. The third-order valence-electron chi connectivity index (χ3n) is 3.83. The number of carbonyl (C=O) groups is 1. The topological polar surface area (TPSA) is 59.8 Å². The van der Waals surface area contributed by atoms with Gasteiger partial charge in [0, 0.05) is 17.8 Å². The summed E-state index contributed by atoms with van der Waals surface area (Å²) in [7, 11) is 0. The highest BCUT2D eigenvalue weighted by Gasteiger charge is 2.16. The largest absolute Gasteiger partial charge is 0.325 e. The van der Waals surface area contributed by atoms with Crippen molar-refractivity contribution >= 4 is 35.0 Å². The molecule has 1 amide bonds. The highest BCUT2D eigenvalue weighted by atomic mass is 35.5. The molecule has 0 unspecified atom stereocenters. The summed E-state index contributed by atoms with van der Waals surface area (Å²) in [6, 6.07) is 13.9. The van der Waals surface area contributed by atoms with E-state index in [1.807, 2.05) is 34.9 Å². The molecule has 1 aromatic heterocycles. The van der Waals surface area contributed by atoms with Gasteiger partial charge in [0.1, 0.15) is 5.82 Å². The van der Waals surface area contributed by atoms with Crippen LogP contribution in [-0.2, 0) is 11.3 Å². The minimum atomic E-state index is -0.524. The van der Waals surface area contributed by atoms with Gasteiger partial charge in [-0.2, -0.15) is 0 Å². The van der Waals surface area contributed by atoms with Crippen LogP contribution in [0, 0.1) is 11.7 Å². The molecular formula is C20H20ClFN4OS. The molecule has 0 radical (unpaired) electrons. The molecule has 0 bridgehead atoms. The lowest BCUT2D eigenvalue weighted by Crippen LogP contribution is -2.15. The van der Waals surface area contributed by atoms with Crippen LogP contribution in [0.25, 0.3) is 11.4 Å². The molecule has 0 fully saturated rings. The standard InChI is InChI=1S/C20H20ClFN4OS/c1-13(2)11-26-19(14-6-4-3-5-7-14)24-25-20(26)28-12-18(27)23-15-8-9-17(22)16(21)10-15/h3-10,13H,11-12H2,1-2H3,(H,23,27). The average molecular weight is 419 g/mol. The average Bonchev–Trinajstić information content (AvgIpc) is 3.05. The van der Waals surface area contributed by atoms with Crippen molar-refractivity contribution in [1.29, 1.82) is 0 Å². The van der Waals surface area contributed by atoms with Crippen molar-refractivity contribution in [2.45, 2.75) is 25.5 Å². The van der Waals surface area contributed by atoms with E-state index in [-0.39, 0.29) is 16.7 Å². The predicted octanol–water partition coefficient (Wildman–Crippen LogP) is 5.12. The van der Waals surface area contributed by atoms with Gasteiger partial charge in [-0.05, 0) is 24.1 Å². The molecular weight excluding hydrogens is 399 g/mol. The summed E-state index contributed by atoms with van der Waals surface area (Å²) in [5.41, 5.74) is 1.43. The van der Waals surface area contributed by atoms with Gasteiger partial charge < -0.3 is 9.88 Å². The molecule has 3 rings (SSSR count). The molecule has 0 spiro atoms. The summed E-state index contributed by atoms with van der Waals surface area (Å²) in [4.78, 5) is 12.3.